The number of hydrogen-bond acceptors (Lipinski definition) is 4. The Bertz CT molecular complexity index is 1090. The zero-order valence-corrected chi connectivity index (χ0v) is 16.7. The molecule has 10 heteroatoms. The molecule has 158 valence electrons. The highest BCUT2D eigenvalue weighted by Gasteiger charge is 2.37. The molecule has 4 rings (SSSR count). The first-order valence-electron chi connectivity index (χ1n) is 9.40. The van der Waals surface area contributed by atoms with Crippen LogP contribution >= 0.6 is 11.6 Å². The third-order valence-corrected chi connectivity index (χ3v) is 5.25. The molecule has 1 aromatic carbocycles. The summed E-state index contributed by atoms with van der Waals surface area (Å²) in [5.74, 6) is -0.0316. The van der Waals surface area contributed by atoms with E-state index in [9.17, 15) is 18.0 Å². The van der Waals surface area contributed by atoms with E-state index >= 15 is 0 Å². The number of halogens is 4. The highest BCUT2D eigenvalue weighted by atomic mass is 35.5. The van der Waals surface area contributed by atoms with Crippen molar-refractivity contribution in [2.24, 2.45) is 0 Å². The predicted octanol–water partition coefficient (Wildman–Crippen LogP) is 4.83. The van der Waals surface area contributed by atoms with Gasteiger partial charge in [-0.05, 0) is 31.9 Å². The minimum absolute atomic E-state index is 0.0939. The highest BCUT2D eigenvalue weighted by Crippen LogP contribution is 2.42. The summed E-state index contributed by atoms with van der Waals surface area (Å²) < 4.78 is 45.5. The first-order valence-corrected chi connectivity index (χ1v) is 9.78. The van der Waals surface area contributed by atoms with Crippen LogP contribution in [0.5, 0.6) is 0 Å². The van der Waals surface area contributed by atoms with Gasteiger partial charge in [-0.25, -0.2) is 0 Å². The molecule has 1 amide bonds. The molecule has 30 heavy (non-hydrogen) atoms. The van der Waals surface area contributed by atoms with Gasteiger partial charge in [0.05, 0.1) is 11.6 Å². The Morgan fingerprint density at radius 1 is 1.33 bits per heavy atom. The van der Waals surface area contributed by atoms with E-state index in [2.05, 4.69) is 15.6 Å². The number of aryl methyl sites for hydroxylation is 1. The van der Waals surface area contributed by atoms with Crippen LogP contribution in [0.1, 0.15) is 46.3 Å². The number of carbonyl (C=O) groups excluding carboxylic acids is 1. The van der Waals surface area contributed by atoms with Crippen molar-refractivity contribution in [2.75, 3.05) is 6.54 Å². The number of rotatable bonds is 6. The van der Waals surface area contributed by atoms with Gasteiger partial charge >= 0.3 is 6.18 Å². The molecular formula is C20H18ClF3N4O2. The number of benzene rings is 1. The van der Waals surface area contributed by atoms with Gasteiger partial charge < -0.3 is 9.84 Å². The molecule has 2 aromatic heterocycles. The number of amides is 1. The summed E-state index contributed by atoms with van der Waals surface area (Å²) in [7, 11) is 0. The Morgan fingerprint density at radius 3 is 2.73 bits per heavy atom. The quantitative estimate of drug-likeness (QED) is 0.598. The molecule has 2 heterocycles. The van der Waals surface area contributed by atoms with Crippen LogP contribution in [0.3, 0.4) is 0 Å². The molecule has 0 spiro atoms. The standard InChI is InChI=1S/C20H18ClF3N4O2/c1-11-17(18(27-30-11)13-4-2-3-5-14(13)21)19(29)25-8-9-28-15(12-6-7-12)10-16(26-28)20(22,23)24/h2-5,10,12H,6-9H2,1H3,(H,25,29). The average Bonchev–Trinajstić information content (AvgIpc) is 3.32. The van der Waals surface area contributed by atoms with E-state index in [1.165, 1.54) is 4.68 Å². The molecular weight excluding hydrogens is 421 g/mol. The summed E-state index contributed by atoms with van der Waals surface area (Å²) in [5, 5.41) is 10.8. The minimum atomic E-state index is -4.50. The maximum absolute atomic E-state index is 13.0. The van der Waals surface area contributed by atoms with Crippen molar-refractivity contribution < 1.29 is 22.5 Å². The lowest BCUT2D eigenvalue weighted by Gasteiger charge is -2.09. The van der Waals surface area contributed by atoms with Gasteiger partial charge in [0.25, 0.3) is 5.91 Å². The number of carbonyl (C=O) groups is 1. The van der Waals surface area contributed by atoms with Gasteiger partial charge in [0.2, 0.25) is 0 Å². The molecule has 0 radical (unpaired) electrons. The van der Waals surface area contributed by atoms with Crippen LogP contribution in [0, 0.1) is 6.92 Å². The van der Waals surface area contributed by atoms with E-state index in [1.807, 2.05) is 0 Å². The van der Waals surface area contributed by atoms with Crippen LogP contribution < -0.4 is 5.32 Å². The topological polar surface area (TPSA) is 73.0 Å². The molecule has 0 saturated heterocycles. The van der Waals surface area contributed by atoms with Crippen LogP contribution in [0.2, 0.25) is 5.02 Å². The second-order valence-corrected chi connectivity index (χ2v) is 7.55. The average molecular weight is 439 g/mol. The molecule has 1 aliphatic rings. The lowest BCUT2D eigenvalue weighted by atomic mass is 10.1. The number of nitrogens with zero attached hydrogens (tertiary/aromatic N) is 3. The maximum atomic E-state index is 13.0. The Labute approximate surface area is 175 Å². The van der Waals surface area contributed by atoms with Crippen LogP contribution in [-0.2, 0) is 12.7 Å². The van der Waals surface area contributed by atoms with Crippen molar-refractivity contribution in [3.8, 4) is 11.3 Å². The number of nitrogens with one attached hydrogen (secondary N) is 1. The molecule has 6 nitrogen and oxygen atoms in total. The van der Waals surface area contributed by atoms with Gasteiger partial charge in [-0.15, -0.1) is 0 Å². The Morgan fingerprint density at radius 2 is 2.07 bits per heavy atom. The van der Waals surface area contributed by atoms with E-state index in [1.54, 1.807) is 31.2 Å². The van der Waals surface area contributed by atoms with Crippen LogP contribution in [-0.4, -0.2) is 27.4 Å². The third-order valence-electron chi connectivity index (χ3n) is 4.93. The maximum Gasteiger partial charge on any atom is 0.435 e. The lowest BCUT2D eigenvalue weighted by molar-refractivity contribution is -0.141. The summed E-state index contributed by atoms with van der Waals surface area (Å²) in [6.45, 7) is 1.83. The Balaban J connectivity index is 1.49. The monoisotopic (exact) mass is 438 g/mol. The van der Waals surface area contributed by atoms with Gasteiger partial charge in [0, 0.05) is 23.7 Å². The summed E-state index contributed by atoms with van der Waals surface area (Å²) >= 11 is 6.20. The summed E-state index contributed by atoms with van der Waals surface area (Å²) in [6.07, 6.45) is -2.81. The fourth-order valence-electron chi connectivity index (χ4n) is 3.30. The molecule has 0 atom stereocenters. The van der Waals surface area contributed by atoms with E-state index in [-0.39, 0.29) is 24.6 Å². The second-order valence-electron chi connectivity index (χ2n) is 7.15. The summed E-state index contributed by atoms with van der Waals surface area (Å²) in [5.41, 5.74) is 0.745. The van der Waals surface area contributed by atoms with E-state index in [0.717, 1.165) is 18.9 Å². The van der Waals surface area contributed by atoms with Crippen LogP contribution in [0.4, 0.5) is 13.2 Å². The Kier molecular flexibility index (Phi) is 5.31. The van der Waals surface area contributed by atoms with E-state index in [4.69, 9.17) is 16.1 Å². The van der Waals surface area contributed by atoms with Gasteiger partial charge in [-0.3, -0.25) is 9.48 Å². The van der Waals surface area contributed by atoms with E-state index < -0.39 is 17.8 Å². The number of hydrogen-bond donors (Lipinski definition) is 1. The normalized spacial score (nSPS) is 14.2. The smallest absolute Gasteiger partial charge is 0.360 e. The van der Waals surface area contributed by atoms with Crippen LogP contribution in [0.15, 0.2) is 34.9 Å². The predicted molar refractivity (Wildman–Crippen MR) is 103 cm³/mol. The molecule has 1 aliphatic carbocycles. The largest absolute Gasteiger partial charge is 0.435 e. The molecule has 1 saturated carbocycles. The van der Waals surface area contributed by atoms with Gasteiger partial charge in [0.1, 0.15) is 17.0 Å². The second kappa shape index (κ2) is 7.79. The highest BCUT2D eigenvalue weighted by molar-refractivity contribution is 6.33. The van der Waals surface area contributed by atoms with Crippen molar-refractivity contribution in [2.45, 2.75) is 38.4 Å². The number of alkyl halides is 3. The zero-order valence-electron chi connectivity index (χ0n) is 16.0. The van der Waals surface area contributed by atoms with Crippen LogP contribution in [0.25, 0.3) is 11.3 Å². The van der Waals surface area contributed by atoms with E-state index in [0.29, 0.717) is 27.7 Å². The van der Waals surface area contributed by atoms with Crippen molar-refractivity contribution in [1.29, 1.82) is 0 Å². The zero-order chi connectivity index (χ0) is 21.5. The molecule has 0 aliphatic heterocycles. The minimum Gasteiger partial charge on any atom is -0.360 e. The van der Waals surface area contributed by atoms with Crippen molar-refractivity contribution in [3.63, 3.8) is 0 Å². The lowest BCUT2D eigenvalue weighted by Crippen LogP contribution is -2.28. The van der Waals surface area contributed by atoms with Gasteiger partial charge in [-0.1, -0.05) is 35.0 Å². The van der Waals surface area contributed by atoms with Gasteiger partial charge in [0.15, 0.2) is 5.69 Å². The van der Waals surface area contributed by atoms with Crippen molar-refractivity contribution in [3.05, 3.63) is 58.1 Å². The van der Waals surface area contributed by atoms with Gasteiger partial charge in [-0.2, -0.15) is 18.3 Å². The molecule has 0 unspecified atom stereocenters. The first-order chi connectivity index (χ1) is 14.3. The van der Waals surface area contributed by atoms with Crippen molar-refractivity contribution in [1.82, 2.24) is 20.3 Å². The number of aromatic nitrogens is 3. The SMILES string of the molecule is Cc1onc(-c2ccccc2Cl)c1C(=O)NCCn1nc(C(F)(F)F)cc1C1CC1. The summed E-state index contributed by atoms with van der Waals surface area (Å²) in [4.78, 5) is 12.8. The molecule has 1 fully saturated rings. The third kappa shape index (κ3) is 4.07. The fraction of sp³-hybridized carbons (Fsp3) is 0.350. The van der Waals surface area contributed by atoms with Crippen molar-refractivity contribution >= 4 is 17.5 Å². The molecule has 3 aromatic rings. The molecule has 0 bridgehead atoms. The first kappa shape index (κ1) is 20.5. The fourth-order valence-corrected chi connectivity index (χ4v) is 3.52. The molecule has 1 N–H and O–H groups in total. The summed E-state index contributed by atoms with van der Waals surface area (Å²) in [6, 6.07) is 8.02. The Hall–Kier alpha value is -2.81.